The van der Waals surface area contributed by atoms with E-state index in [9.17, 15) is 14.7 Å². The van der Waals surface area contributed by atoms with Crippen molar-refractivity contribution in [3.8, 4) is 23.0 Å². The van der Waals surface area contributed by atoms with Crippen molar-refractivity contribution in [1.82, 2.24) is 10.6 Å². The quantitative estimate of drug-likeness (QED) is 0.606. The van der Waals surface area contributed by atoms with Crippen molar-refractivity contribution in [2.75, 3.05) is 34.4 Å². The maximum Gasteiger partial charge on any atom is 0.251 e. The summed E-state index contributed by atoms with van der Waals surface area (Å²) in [4.78, 5) is 24.3. The van der Waals surface area contributed by atoms with E-state index in [1.165, 1.54) is 33.5 Å². The number of carbonyl (C=O) groups excluding carboxylic acids is 2. The van der Waals surface area contributed by atoms with E-state index in [4.69, 9.17) is 14.2 Å². The van der Waals surface area contributed by atoms with Crippen molar-refractivity contribution in [2.45, 2.75) is 0 Å². The lowest BCUT2D eigenvalue weighted by Crippen LogP contribution is -2.34. The van der Waals surface area contributed by atoms with Crippen LogP contribution >= 0.6 is 0 Å². The van der Waals surface area contributed by atoms with Gasteiger partial charge in [0.25, 0.3) is 11.8 Å². The molecule has 8 heteroatoms. The van der Waals surface area contributed by atoms with Crippen molar-refractivity contribution in [3.63, 3.8) is 0 Å². The van der Waals surface area contributed by atoms with Gasteiger partial charge in [0.2, 0.25) is 5.75 Å². The second kappa shape index (κ2) is 9.33. The third-order valence-corrected chi connectivity index (χ3v) is 3.73. The summed E-state index contributed by atoms with van der Waals surface area (Å²) in [6.07, 6.45) is 0. The molecule has 0 bridgehead atoms. The molecule has 3 N–H and O–H groups in total. The predicted molar refractivity (Wildman–Crippen MR) is 98.9 cm³/mol. The molecule has 0 heterocycles. The van der Waals surface area contributed by atoms with Gasteiger partial charge in [-0.15, -0.1) is 0 Å². The van der Waals surface area contributed by atoms with Crippen LogP contribution in [0.3, 0.4) is 0 Å². The molecule has 2 aromatic rings. The van der Waals surface area contributed by atoms with Gasteiger partial charge in [-0.25, -0.2) is 0 Å². The Morgan fingerprint density at radius 1 is 0.852 bits per heavy atom. The van der Waals surface area contributed by atoms with Gasteiger partial charge in [0.05, 0.1) is 21.3 Å². The monoisotopic (exact) mass is 374 g/mol. The zero-order valence-electron chi connectivity index (χ0n) is 15.4. The molecular formula is C19H22N2O6. The average Bonchev–Trinajstić information content (AvgIpc) is 2.69. The number of rotatable bonds is 8. The topological polar surface area (TPSA) is 106 Å². The highest BCUT2D eigenvalue weighted by atomic mass is 16.5. The Hall–Kier alpha value is -3.42. The van der Waals surface area contributed by atoms with Crippen molar-refractivity contribution >= 4 is 11.8 Å². The summed E-state index contributed by atoms with van der Waals surface area (Å²) in [5.74, 6) is 0.473. The van der Waals surface area contributed by atoms with Gasteiger partial charge in [-0.3, -0.25) is 9.59 Å². The van der Waals surface area contributed by atoms with Crippen LogP contribution in [0, 0.1) is 0 Å². The van der Waals surface area contributed by atoms with Gasteiger partial charge < -0.3 is 30.0 Å². The van der Waals surface area contributed by atoms with Crippen molar-refractivity contribution < 1.29 is 28.9 Å². The van der Waals surface area contributed by atoms with Crippen LogP contribution in [0.5, 0.6) is 23.0 Å². The van der Waals surface area contributed by atoms with Crippen molar-refractivity contribution in [3.05, 3.63) is 47.5 Å². The number of carbonyl (C=O) groups is 2. The van der Waals surface area contributed by atoms with Crippen LogP contribution in [0.25, 0.3) is 0 Å². The Balaban J connectivity index is 1.93. The molecule has 0 spiro atoms. The lowest BCUT2D eigenvalue weighted by Gasteiger charge is -2.14. The average molecular weight is 374 g/mol. The number of phenols is 1. The number of hydrogen-bond donors (Lipinski definition) is 3. The minimum Gasteiger partial charge on any atom is -0.508 e. The zero-order valence-corrected chi connectivity index (χ0v) is 15.4. The Bertz CT molecular complexity index is 797. The van der Waals surface area contributed by atoms with E-state index in [1.54, 1.807) is 24.3 Å². The smallest absolute Gasteiger partial charge is 0.251 e. The molecule has 27 heavy (non-hydrogen) atoms. The molecule has 8 nitrogen and oxygen atoms in total. The first-order chi connectivity index (χ1) is 13.0. The molecule has 0 aliphatic carbocycles. The van der Waals surface area contributed by atoms with Gasteiger partial charge in [-0.2, -0.15) is 0 Å². The van der Waals surface area contributed by atoms with Crippen LogP contribution < -0.4 is 24.8 Å². The summed E-state index contributed by atoms with van der Waals surface area (Å²) >= 11 is 0. The summed E-state index contributed by atoms with van der Waals surface area (Å²) < 4.78 is 15.7. The molecule has 2 amide bonds. The minimum absolute atomic E-state index is 0.0124. The molecule has 0 saturated heterocycles. The number of methoxy groups -OCH3 is 3. The number of ether oxygens (including phenoxy) is 3. The Morgan fingerprint density at radius 3 is 1.89 bits per heavy atom. The van der Waals surface area contributed by atoms with Crippen LogP contribution in [0.1, 0.15) is 20.7 Å². The summed E-state index contributed by atoms with van der Waals surface area (Å²) in [5.41, 5.74) is 0.676. The van der Waals surface area contributed by atoms with E-state index in [0.717, 1.165) is 0 Å². The van der Waals surface area contributed by atoms with E-state index < -0.39 is 0 Å². The Kier molecular flexibility index (Phi) is 6.87. The third kappa shape index (κ3) is 5.04. The number of amides is 2. The number of aromatic hydroxyl groups is 1. The predicted octanol–water partition coefficient (Wildman–Crippen LogP) is 1.58. The van der Waals surface area contributed by atoms with Gasteiger partial charge in [-0.1, -0.05) is 6.07 Å². The minimum atomic E-state index is -0.346. The van der Waals surface area contributed by atoms with E-state index in [0.29, 0.717) is 28.4 Å². The van der Waals surface area contributed by atoms with E-state index in [2.05, 4.69) is 10.6 Å². The summed E-state index contributed by atoms with van der Waals surface area (Å²) in [5, 5.41) is 14.8. The maximum atomic E-state index is 12.3. The van der Waals surface area contributed by atoms with Crippen LogP contribution in [0.15, 0.2) is 36.4 Å². The largest absolute Gasteiger partial charge is 0.508 e. The van der Waals surface area contributed by atoms with Crippen LogP contribution in [-0.2, 0) is 0 Å². The molecule has 0 unspecified atom stereocenters. The van der Waals surface area contributed by atoms with Gasteiger partial charge in [-0.05, 0) is 30.3 Å². The lowest BCUT2D eigenvalue weighted by molar-refractivity contribution is 0.0927. The highest BCUT2D eigenvalue weighted by Gasteiger charge is 2.16. The molecule has 0 atom stereocenters. The van der Waals surface area contributed by atoms with Crippen molar-refractivity contribution in [1.29, 1.82) is 0 Å². The Morgan fingerprint density at radius 2 is 1.41 bits per heavy atom. The summed E-state index contributed by atoms with van der Waals surface area (Å²) in [6.45, 7) is 0.449. The number of phenolic OH excluding ortho intramolecular Hbond substituents is 1. The van der Waals surface area contributed by atoms with Crippen LogP contribution in [0.2, 0.25) is 0 Å². The van der Waals surface area contributed by atoms with E-state index in [1.807, 2.05) is 0 Å². The molecule has 0 fully saturated rings. The van der Waals surface area contributed by atoms with Crippen LogP contribution in [0.4, 0.5) is 0 Å². The number of benzene rings is 2. The molecule has 0 aliphatic rings. The molecule has 2 aromatic carbocycles. The third-order valence-electron chi connectivity index (χ3n) is 3.73. The van der Waals surface area contributed by atoms with E-state index in [-0.39, 0.29) is 30.7 Å². The fourth-order valence-corrected chi connectivity index (χ4v) is 2.42. The molecule has 0 aromatic heterocycles. The molecule has 2 rings (SSSR count). The van der Waals surface area contributed by atoms with Gasteiger partial charge in [0.1, 0.15) is 5.75 Å². The van der Waals surface area contributed by atoms with Gasteiger partial charge in [0, 0.05) is 24.2 Å². The standard InChI is InChI=1S/C19H22N2O6/c1-25-15-10-13(11-16(26-2)17(15)27-3)19(24)21-8-7-20-18(23)12-5-4-6-14(22)9-12/h4-6,9-11,22H,7-8H2,1-3H3,(H,20,23)(H,21,24). The first-order valence-corrected chi connectivity index (χ1v) is 8.15. The summed E-state index contributed by atoms with van der Waals surface area (Å²) in [6, 6.07) is 9.10. The molecular weight excluding hydrogens is 352 g/mol. The summed E-state index contributed by atoms with van der Waals surface area (Å²) in [7, 11) is 4.42. The highest BCUT2D eigenvalue weighted by molar-refractivity contribution is 5.96. The molecule has 0 aliphatic heterocycles. The first kappa shape index (κ1) is 19.9. The second-order valence-corrected chi connectivity index (χ2v) is 5.48. The normalized spacial score (nSPS) is 10.0. The molecule has 0 radical (unpaired) electrons. The highest BCUT2D eigenvalue weighted by Crippen LogP contribution is 2.38. The maximum absolute atomic E-state index is 12.3. The van der Waals surface area contributed by atoms with Crippen LogP contribution in [-0.4, -0.2) is 51.3 Å². The second-order valence-electron chi connectivity index (χ2n) is 5.48. The SMILES string of the molecule is COc1cc(C(=O)NCCNC(=O)c2cccc(O)c2)cc(OC)c1OC. The fourth-order valence-electron chi connectivity index (χ4n) is 2.42. The first-order valence-electron chi connectivity index (χ1n) is 8.15. The Labute approximate surface area is 157 Å². The fraction of sp³-hybridized carbons (Fsp3) is 0.263. The number of hydrogen-bond acceptors (Lipinski definition) is 6. The molecule has 0 saturated carbocycles. The lowest BCUT2D eigenvalue weighted by atomic mass is 10.1. The van der Waals surface area contributed by atoms with E-state index >= 15 is 0 Å². The van der Waals surface area contributed by atoms with Crippen molar-refractivity contribution in [2.24, 2.45) is 0 Å². The zero-order chi connectivity index (χ0) is 19.8. The number of nitrogens with one attached hydrogen (secondary N) is 2. The van der Waals surface area contributed by atoms with Gasteiger partial charge in [0.15, 0.2) is 11.5 Å². The van der Waals surface area contributed by atoms with Gasteiger partial charge >= 0.3 is 0 Å². The molecule has 144 valence electrons.